The van der Waals surface area contributed by atoms with Crippen LogP contribution in [-0.4, -0.2) is 61.4 Å². The first-order chi connectivity index (χ1) is 8.52. The minimum atomic E-state index is -0.208. The fourth-order valence-corrected chi connectivity index (χ4v) is 1.84. The molecule has 1 rings (SSSR count). The number of hydrogen-bond acceptors (Lipinski definition) is 4. The SMILES string of the molecule is CCC(C)(CO)CNC(C)C(=O)N1CCOCC1. The van der Waals surface area contributed by atoms with Gasteiger partial charge in [-0.3, -0.25) is 4.79 Å². The third kappa shape index (κ3) is 4.23. The normalized spacial score (nSPS) is 21.4. The average molecular weight is 258 g/mol. The van der Waals surface area contributed by atoms with E-state index in [0.29, 0.717) is 32.8 Å². The Hall–Kier alpha value is -0.650. The molecular weight excluding hydrogens is 232 g/mol. The zero-order chi connectivity index (χ0) is 13.6. The highest BCUT2D eigenvalue weighted by molar-refractivity contribution is 5.81. The van der Waals surface area contributed by atoms with Crippen LogP contribution in [0.4, 0.5) is 0 Å². The average Bonchev–Trinajstić information content (AvgIpc) is 2.44. The predicted octanol–water partition coefficient (Wildman–Crippen LogP) is 0.232. The maximum atomic E-state index is 12.1. The zero-order valence-corrected chi connectivity index (χ0v) is 11.7. The van der Waals surface area contributed by atoms with Crippen LogP contribution in [0, 0.1) is 5.41 Å². The van der Waals surface area contributed by atoms with Gasteiger partial charge in [-0.2, -0.15) is 0 Å². The topological polar surface area (TPSA) is 61.8 Å². The second kappa shape index (κ2) is 7.07. The highest BCUT2D eigenvalue weighted by atomic mass is 16.5. The summed E-state index contributed by atoms with van der Waals surface area (Å²) in [6.45, 7) is 9.34. The maximum absolute atomic E-state index is 12.1. The quantitative estimate of drug-likeness (QED) is 0.716. The Bertz CT molecular complexity index is 261. The van der Waals surface area contributed by atoms with Crippen molar-refractivity contribution in [2.45, 2.75) is 33.2 Å². The van der Waals surface area contributed by atoms with E-state index < -0.39 is 0 Å². The molecule has 2 atom stereocenters. The molecule has 0 bridgehead atoms. The highest BCUT2D eigenvalue weighted by Crippen LogP contribution is 2.18. The van der Waals surface area contributed by atoms with Gasteiger partial charge in [-0.1, -0.05) is 13.8 Å². The van der Waals surface area contributed by atoms with Gasteiger partial charge in [-0.05, 0) is 13.3 Å². The number of ether oxygens (including phenoxy) is 1. The summed E-state index contributed by atoms with van der Waals surface area (Å²) in [7, 11) is 0. The van der Waals surface area contributed by atoms with Crippen LogP contribution in [0.5, 0.6) is 0 Å². The molecule has 2 unspecified atom stereocenters. The van der Waals surface area contributed by atoms with Gasteiger partial charge >= 0.3 is 0 Å². The molecule has 1 aliphatic heterocycles. The number of nitrogens with zero attached hydrogens (tertiary/aromatic N) is 1. The van der Waals surface area contributed by atoms with Crippen LogP contribution in [0.15, 0.2) is 0 Å². The lowest BCUT2D eigenvalue weighted by Gasteiger charge is -2.32. The summed E-state index contributed by atoms with van der Waals surface area (Å²) >= 11 is 0. The summed E-state index contributed by atoms with van der Waals surface area (Å²) < 4.78 is 5.23. The molecule has 5 heteroatoms. The summed E-state index contributed by atoms with van der Waals surface area (Å²) in [5.41, 5.74) is -0.153. The van der Waals surface area contributed by atoms with Crippen LogP contribution in [0.1, 0.15) is 27.2 Å². The lowest BCUT2D eigenvalue weighted by molar-refractivity contribution is -0.137. The Morgan fingerprint density at radius 2 is 2.11 bits per heavy atom. The first-order valence-electron chi connectivity index (χ1n) is 6.73. The Labute approximate surface area is 109 Å². The molecule has 0 aromatic carbocycles. The molecule has 5 nitrogen and oxygen atoms in total. The first-order valence-corrected chi connectivity index (χ1v) is 6.73. The van der Waals surface area contributed by atoms with Gasteiger partial charge in [0.15, 0.2) is 0 Å². The van der Waals surface area contributed by atoms with Gasteiger partial charge in [0.05, 0.1) is 19.3 Å². The Balaban J connectivity index is 2.39. The summed E-state index contributed by atoms with van der Waals surface area (Å²) in [5.74, 6) is 0.120. The molecule has 0 aliphatic carbocycles. The van der Waals surface area contributed by atoms with Crippen LogP contribution in [0.2, 0.25) is 0 Å². The molecule has 0 aromatic heterocycles. The van der Waals surface area contributed by atoms with E-state index in [9.17, 15) is 9.90 Å². The monoisotopic (exact) mass is 258 g/mol. The van der Waals surface area contributed by atoms with Crippen molar-refractivity contribution >= 4 is 5.91 Å². The fraction of sp³-hybridized carbons (Fsp3) is 0.923. The van der Waals surface area contributed by atoms with E-state index in [1.54, 1.807) is 0 Å². The number of rotatable bonds is 6. The largest absolute Gasteiger partial charge is 0.396 e. The van der Waals surface area contributed by atoms with Gasteiger partial charge in [-0.25, -0.2) is 0 Å². The van der Waals surface area contributed by atoms with Crippen molar-refractivity contribution in [1.82, 2.24) is 10.2 Å². The minimum Gasteiger partial charge on any atom is -0.396 e. The standard InChI is InChI=1S/C13H26N2O3/c1-4-13(3,10-16)9-14-11(2)12(17)15-5-7-18-8-6-15/h11,14,16H,4-10H2,1-3H3. The molecule has 18 heavy (non-hydrogen) atoms. The molecule has 1 amide bonds. The number of aliphatic hydroxyl groups is 1. The lowest BCUT2D eigenvalue weighted by Crippen LogP contribution is -2.51. The fourth-order valence-electron chi connectivity index (χ4n) is 1.84. The molecule has 0 spiro atoms. The van der Waals surface area contributed by atoms with E-state index >= 15 is 0 Å². The first kappa shape index (κ1) is 15.4. The number of nitrogens with one attached hydrogen (secondary N) is 1. The number of morpholine rings is 1. The number of amides is 1. The molecule has 0 radical (unpaired) electrons. The van der Waals surface area contributed by atoms with Crippen molar-refractivity contribution in [2.75, 3.05) is 39.5 Å². The Morgan fingerprint density at radius 3 is 2.61 bits per heavy atom. The highest BCUT2D eigenvalue weighted by Gasteiger charge is 2.26. The van der Waals surface area contributed by atoms with Crippen LogP contribution in [0.25, 0.3) is 0 Å². The zero-order valence-electron chi connectivity index (χ0n) is 11.7. The van der Waals surface area contributed by atoms with Gasteiger partial charge in [0.25, 0.3) is 0 Å². The number of carbonyl (C=O) groups is 1. The predicted molar refractivity (Wildman–Crippen MR) is 70.3 cm³/mol. The van der Waals surface area contributed by atoms with E-state index in [0.717, 1.165) is 6.42 Å². The van der Waals surface area contributed by atoms with Gasteiger partial charge in [0, 0.05) is 31.7 Å². The van der Waals surface area contributed by atoms with E-state index in [2.05, 4.69) is 5.32 Å². The van der Waals surface area contributed by atoms with E-state index in [-0.39, 0.29) is 24.0 Å². The van der Waals surface area contributed by atoms with Crippen molar-refractivity contribution in [3.8, 4) is 0 Å². The van der Waals surface area contributed by atoms with Gasteiger partial charge in [-0.15, -0.1) is 0 Å². The van der Waals surface area contributed by atoms with Crippen LogP contribution < -0.4 is 5.32 Å². The van der Waals surface area contributed by atoms with Gasteiger partial charge < -0.3 is 20.1 Å². The third-order valence-corrected chi connectivity index (χ3v) is 3.76. The second-order valence-electron chi connectivity index (χ2n) is 5.36. The van der Waals surface area contributed by atoms with Crippen LogP contribution >= 0.6 is 0 Å². The number of hydrogen-bond donors (Lipinski definition) is 2. The Morgan fingerprint density at radius 1 is 1.50 bits per heavy atom. The summed E-state index contributed by atoms with van der Waals surface area (Å²) in [4.78, 5) is 14.0. The van der Waals surface area contributed by atoms with Crippen LogP contribution in [0.3, 0.4) is 0 Å². The third-order valence-electron chi connectivity index (χ3n) is 3.76. The van der Waals surface area contributed by atoms with E-state index in [1.165, 1.54) is 0 Å². The smallest absolute Gasteiger partial charge is 0.239 e. The molecule has 1 fully saturated rings. The summed E-state index contributed by atoms with van der Waals surface area (Å²) in [6.07, 6.45) is 0.884. The lowest BCUT2D eigenvalue weighted by atomic mass is 9.88. The van der Waals surface area contributed by atoms with Crippen molar-refractivity contribution in [3.63, 3.8) is 0 Å². The van der Waals surface area contributed by atoms with Crippen LogP contribution in [-0.2, 0) is 9.53 Å². The van der Waals surface area contributed by atoms with Crippen molar-refractivity contribution < 1.29 is 14.6 Å². The number of aliphatic hydroxyl groups excluding tert-OH is 1. The second-order valence-corrected chi connectivity index (χ2v) is 5.36. The molecular formula is C13H26N2O3. The summed E-state index contributed by atoms with van der Waals surface area (Å²) in [6, 6.07) is -0.208. The van der Waals surface area contributed by atoms with E-state index in [1.807, 2.05) is 25.7 Å². The molecule has 106 valence electrons. The molecule has 2 N–H and O–H groups in total. The summed E-state index contributed by atoms with van der Waals surface area (Å²) in [5, 5.41) is 12.6. The number of carbonyl (C=O) groups excluding carboxylic acids is 1. The molecule has 0 aromatic rings. The van der Waals surface area contributed by atoms with E-state index in [4.69, 9.17) is 4.74 Å². The van der Waals surface area contributed by atoms with Crippen molar-refractivity contribution in [1.29, 1.82) is 0 Å². The maximum Gasteiger partial charge on any atom is 0.239 e. The minimum absolute atomic E-state index is 0.120. The molecule has 1 heterocycles. The Kier molecular flexibility index (Phi) is 6.05. The molecule has 1 aliphatic rings. The van der Waals surface area contributed by atoms with Gasteiger partial charge in [0.2, 0.25) is 5.91 Å². The molecule has 0 saturated carbocycles. The van der Waals surface area contributed by atoms with Crippen molar-refractivity contribution in [2.24, 2.45) is 5.41 Å². The molecule has 1 saturated heterocycles. The van der Waals surface area contributed by atoms with Gasteiger partial charge in [0.1, 0.15) is 0 Å². The van der Waals surface area contributed by atoms with Crippen molar-refractivity contribution in [3.05, 3.63) is 0 Å².